The van der Waals surface area contributed by atoms with Crippen LogP contribution in [0, 0.1) is 11.3 Å². The Morgan fingerprint density at radius 3 is 2.56 bits per heavy atom. The van der Waals surface area contributed by atoms with Gasteiger partial charge in [0.15, 0.2) is 0 Å². The molecule has 88 valence electrons. The molecule has 1 fully saturated rings. The molecule has 2 aliphatic carbocycles. The second-order valence-corrected chi connectivity index (χ2v) is 5.05. The van der Waals surface area contributed by atoms with Gasteiger partial charge in [-0.2, -0.15) is 0 Å². The van der Waals surface area contributed by atoms with Gasteiger partial charge in [-0.05, 0) is 19.3 Å². The number of Topliss-reactive ketones (excluding diaryl/α,β-unsaturated/α-hetero) is 1. The highest BCUT2D eigenvalue weighted by atomic mass is 16.1. The van der Waals surface area contributed by atoms with E-state index in [1.807, 2.05) is 18.2 Å². The van der Waals surface area contributed by atoms with Crippen molar-refractivity contribution in [2.45, 2.75) is 38.5 Å². The number of rotatable bonds is 3. The molecule has 0 saturated heterocycles. The summed E-state index contributed by atoms with van der Waals surface area (Å²) >= 11 is 0. The third kappa shape index (κ3) is 2.12. The smallest absolute Gasteiger partial charge is 0.147 e. The Balaban J connectivity index is 2.11. The maximum Gasteiger partial charge on any atom is 0.147 e. The summed E-state index contributed by atoms with van der Waals surface area (Å²) in [6.45, 7) is 0.448. The Kier molecular flexibility index (Phi) is 3.59. The highest BCUT2D eigenvalue weighted by Gasteiger charge is 2.38. The van der Waals surface area contributed by atoms with Gasteiger partial charge in [-0.15, -0.1) is 0 Å². The minimum absolute atomic E-state index is 0.258. The molecule has 2 rings (SSSR count). The first-order chi connectivity index (χ1) is 7.78. The van der Waals surface area contributed by atoms with Gasteiger partial charge in [0.25, 0.3) is 0 Å². The summed E-state index contributed by atoms with van der Waals surface area (Å²) in [7, 11) is 0. The van der Waals surface area contributed by atoms with E-state index in [9.17, 15) is 4.79 Å². The minimum Gasteiger partial charge on any atom is -0.329 e. The lowest BCUT2D eigenvalue weighted by molar-refractivity contribution is -0.131. The van der Waals surface area contributed by atoms with Crippen molar-refractivity contribution in [2.75, 3.05) is 6.54 Å². The van der Waals surface area contributed by atoms with Gasteiger partial charge in [-0.3, -0.25) is 4.79 Å². The summed E-state index contributed by atoms with van der Waals surface area (Å²) in [5, 5.41) is 0. The molecule has 0 aromatic heterocycles. The van der Waals surface area contributed by atoms with Gasteiger partial charge in [0.05, 0.1) is 5.41 Å². The number of allylic oxidation sites excluding steroid dienone is 3. The molecule has 0 amide bonds. The largest absolute Gasteiger partial charge is 0.329 e. The molecule has 0 radical (unpaired) electrons. The van der Waals surface area contributed by atoms with E-state index in [0.29, 0.717) is 12.3 Å². The number of carbonyl (C=O) groups is 1. The lowest BCUT2D eigenvalue weighted by Crippen LogP contribution is -2.41. The van der Waals surface area contributed by atoms with E-state index in [-0.39, 0.29) is 5.92 Å². The average Bonchev–Trinajstić information content (AvgIpc) is 2.39. The van der Waals surface area contributed by atoms with Crippen LogP contribution < -0.4 is 5.73 Å². The maximum absolute atomic E-state index is 12.5. The second kappa shape index (κ2) is 4.96. The lowest BCUT2D eigenvalue weighted by Gasteiger charge is -2.33. The van der Waals surface area contributed by atoms with E-state index < -0.39 is 5.41 Å². The summed E-state index contributed by atoms with van der Waals surface area (Å²) in [6, 6.07) is 0. The van der Waals surface area contributed by atoms with E-state index in [1.54, 1.807) is 0 Å². The van der Waals surface area contributed by atoms with Gasteiger partial charge in [0, 0.05) is 12.5 Å². The van der Waals surface area contributed by atoms with Gasteiger partial charge in [-0.25, -0.2) is 0 Å². The first kappa shape index (κ1) is 11.6. The van der Waals surface area contributed by atoms with Gasteiger partial charge in [0.2, 0.25) is 0 Å². The van der Waals surface area contributed by atoms with E-state index in [1.165, 1.54) is 19.3 Å². The average molecular weight is 219 g/mol. The summed E-state index contributed by atoms with van der Waals surface area (Å²) in [6.07, 6.45) is 14.7. The minimum atomic E-state index is -0.392. The number of nitrogens with two attached hydrogens (primary N) is 1. The van der Waals surface area contributed by atoms with Crippen molar-refractivity contribution >= 4 is 5.78 Å². The van der Waals surface area contributed by atoms with Crippen molar-refractivity contribution in [1.29, 1.82) is 0 Å². The SMILES string of the molecule is NCC1(C(=O)C2CCCCC2)C=CC=CC1. The molecular weight excluding hydrogens is 198 g/mol. The molecule has 0 bridgehead atoms. The molecule has 0 aromatic carbocycles. The van der Waals surface area contributed by atoms with Crippen LogP contribution in [-0.4, -0.2) is 12.3 Å². The van der Waals surface area contributed by atoms with Crippen molar-refractivity contribution in [1.82, 2.24) is 0 Å². The zero-order chi connectivity index (χ0) is 11.4. The van der Waals surface area contributed by atoms with Crippen LogP contribution in [0.2, 0.25) is 0 Å². The van der Waals surface area contributed by atoms with E-state index >= 15 is 0 Å². The zero-order valence-electron chi connectivity index (χ0n) is 9.82. The van der Waals surface area contributed by atoms with Gasteiger partial charge < -0.3 is 5.73 Å². The predicted molar refractivity (Wildman–Crippen MR) is 66.0 cm³/mol. The molecule has 0 aromatic rings. The van der Waals surface area contributed by atoms with Crippen LogP contribution in [0.15, 0.2) is 24.3 Å². The Bertz CT molecular complexity index is 313. The van der Waals surface area contributed by atoms with Crippen LogP contribution in [0.5, 0.6) is 0 Å². The van der Waals surface area contributed by atoms with E-state index in [4.69, 9.17) is 5.73 Å². The van der Waals surface area contributed by atoms with Crippen molar-refractivity contribution in [3.63, 3.8) is 0 Å². The molecule has 1 saturated carbocycles. The molecule has 0 aliphatic heterocycles. The summed E-state index contributed by atoms with van der Waals surface area (Å²) in [4.78, 5) is 12.5. The standard InChI is InChI=1S/C14H21NO/c15-11-14(9-5-2-6-10-14)13(16)12-7-3-1-4-8-12/h2,5-6,9,12H,1,3-4,7-8,10-11,15H2. The lowest BCUT2D eigenvalue weighted by atomic mass is 9.70. The molecule has 1 unspecified atom stereocenters. The van der Waals surface area contributed by atoms with Crippen LogP contribution in [0.25, 0.3) is 0 Å². The van der Waals surface area contributed by atoms with Crippen molar-refractivity contribution in [2.24, 2.45) is 17.1 Å². The summed E-state index contributed by atoms with van der Waals surface area (Å²) in [5.74, 6) is 0.642. The van der Waals surface area contributed by atoms with Crippen LogP contribution in [0.1, 0.15) is 38.5 Å². The summed E-state index contributed by atoms with van der Waals surface area (Å²) in [5.41, 5.74) is 5.45. The number of ketones is 1. The normalized spacial score (nSPS) is 30.6. The fourth-order valence-electron chi connectivity index (χ4n) is 2.87. The highest BCUT2D eigenvalue weighted by molar-refractivity contribution is 5.89. The molecule has 2 aliphatic rings. The molecule has 2 nitrogen and oxygen atoms in total. The summed E-state index contributed by atoms with van der Waals surface area (Å²) < 4.78 is 0. The van der Waals surface area contributed by atoms with Crippen molar-refractivity contribution in [3.8, 4) is 0 Å². The number of hydrogen-bond acceptors (Lipinski definition) is 2. The highest BCUT2D eigenvalue weighted by Crippen LogP contribution is 2.36. The maximum atomic E-state index is 12.5. The molecule has 2 heteroatoms. The van der Waals surface area contributed by atoms with Crippen molar-refractivity contribution < 1.29 is 4.79 Å². The zero-order valence-corrected chi connectivity index (χ0v) is 9.82. The first-order valence-corrected chi connectivity index (χ1v) is 6.37. The second-order valence-electron chi connectivity index (χ2n) is 5.05. The Morgan fingerprint density at radius 2 is 2.00 bits per heavy atom. The molecule has 2 N–H and O–H groups in total. The number of hydrogen-bond donors (Lipinski definition) is 1. The monoisotopic (exact) mass is 219 g/mol. The quantitative estimate of drug-likeness (QED) is 0.792. The fourth-order valence-corrected chi connectivity index (χ4v) is 2.87. The molecular formula is C14H21NO. The molecule has 0 spiro atoms. The first-order valence-electron chi connectivity index (χ1n) is 6.37. The Labute approximate surface area is 97.6 Å². The topological polar surface area (TPSA) is 43.1 Å². The van der Waals surface area contributed by atoms with Crippen LogP contribution in [0.4, 0.5) is 0 Å². The van der Waals surface area contributed by atoms with E-state index in [2.05, 4.69) is 6.08 Å². The molecule has 0 heterocycles. The predicted octanol–water partition coefficient (Wildman–Crippen LogP) is 2.60. The Morgan fingerprint density at radius 1 is 1.25 bits per heavy atom. The Hall–Kier alpha value is -0.890. The number of carbonyl (C=O) groups excluding carboxylic acids is 1. The molecule has 16 heavy (non-hydrogen) atoms. The van der Waals surface area contributed by atoms with Gasteiger partial charge >= 0.3 is 0 Å². The van der Waals surface area contributed by atoms with E-state index in [0.717, 1.165) is 19.3 Å². The third-order valence-electron chi connectivity index (χ3n) is 3.98. The van der Waals surface area contributed by atoms with Gasteiger partial charge in [0.1, 0.15) is 5.78 Å². The van der Waals surface area contributed by atoms with Crippen LogP contribution in [0.3, 0.4) is 0 Å². The van der Waals surface area contributed by atoms with Crippen molar-refractivity contribution in [3.05, 3.63) is 24.3 Å². The van der Waals surface area contributed by atoms with Crippen LogP contribution >= 0.6 is 0 Å². The van der Waals surface area contributed by atoms with Gasteiger partial charge in [-0.1, -0.05) is 43.6 Å². The molecule has 1 atom stereocenters. The van der Waals surface area contributed by atoms with Crippen LogP contribution in [-0.2, 0) is 4.79 Å². The fraction of sp³-hybridized carbons (Fsp3) is 0.643. The third-order valence-corrected chi connectivity index (χ3v) is 3.98.